The number of H-pyrrole nitrogens is 2. The zero-order valence-corrected chi connectivity index (χ0v) is 10.4. The quantitative estimate of drug-likeness (QED) is 0.569. The Morgan fingerprint density at radius 3 is 2.56 bits per heavy atom. The molecule has 90 valence electrons. The van der Waals surface area contributed by atoms with Crippen molar-refractivity contribution in [2.75, 3.05) is 33.5 Å². The number of methoxy groups -OCH3 is 1. The van der Waals surface area contributed by atoms with Crippen LogP contribution in [0.1, 0.15) is 0 Å². The molecule has 16 heavy (non-hydrogen) atoms. The Morgan fingerprint density at radius 1 is 1.12 bits per heavy atom. The van der Waals surface area contributed by atoms with Crippen LogP contribution in [0.25, 0.3) is 0 Å². The highest BCUT2D eigenvalue weighted by atomic mass is 32.1. The van der Waals surface area contributed by atoms with E-state index in [1.165, 1.54) is 0 Å². The van der Waals surface area contributed by atoms with Gasteiger partial charge in [0.2, 0.25) is 4.77 Å². The number of aromatic amines is 2. The molecule has 0 unspecified atom stereocenters. The summed E-state index contributed by atoms with van der Waals surface area (Å²) < 4.78 is 16.0. The molecule has 0 bridgehead atoms. The van der Waals surface area contributed by atoms with E-state index in [-0.39, 0.29) is 0 Å². The number of hydrogen-bond acceptors (Lipinski definition) is 6. The van der Waals surface area contributed by atoms with Crippen LogP contribution < -0.4 is 4.74 Å². The number of rotatable bonds is 7. The van der Waals surface area contributed by atoms with Crippen LogP contribution in [0.15, 0.2) is 0 Å². The fourth-order valence-corrected chi connectivity index (χ4v) is 1.32. The molecule has 1 rings (SSSR count). The van der Waals surface area contributed by atoms with Gasteiger partial charge in [0.05, 0.1) is 19.8 Å². The first-order valence-corrected chi connectivity index (χ1v) is 5.44. The van der Waals surface area contributed by atoms with E-state index in [1.807, 2.05) is 0 Å². The maximum absolute atomic E-state index is 5.26. The Kier molecular flexibility index (Phi) is 6.16. The molecule has 0 saturated carbocycles. The molecular formula is C8H13N3O3S2. The van der Waals surface area contributed by atoms with Crippen molar-refractivity contribution in [2.45, 2.75) is 0 Å². The molecule has 0 aliphatic carbocycles. The van der Waals surface area contributed by atoms with E-state index >= 15 is 0 Å². The van der Waals surface area contributed by atoms with Crippen molar-refractivity contribution in [2.24, 2.45) is 0 Å². The molecule has 8 heteroatoms. The predicted molar refractivity (Wildman–Crippen MR) is 62.8 cm³/mol. The van der Waals surface area contributed by atoms with E-state index in [1.54, 1.807) is 7.11 Å². The lowest BCUT2D eigenvalue weighted by atomic mass is 10.7. The Bertz CT molecular complexity index is 389. The number of hydrogen-bond donors (Lipinski definition) is 2. The summed E-state index contributed by atoms with van der Waals surface area (Å²) in [5, 5.41) is 0. The van der Waals surface area contributed by atoms with Crippen LogP contribution in [0.2, 0.25) is 0 Å². The average Bonchev–Trinajstić information content (AvgIpc) is 2.22. The predicted octanol–water partition coefficient (Wildman–Crippen LogP) is 1.24. The number of nitrogens with zero attached hydrogens (tertiary/aromatic N) is 1. The molecule has 0 spiro atoms. The minimum atomic E-state index is 0.291. The molecule has 0 saturated heterocycles. The summed E-state index contributed by atoms with van der Waals surface area (Å²) in [6, 6.07) is 0.295. The van der Waals surface area contributed by atoms with E-state index < -0.39 is 0 Å². The third kappa shape index (κ3) is 5.31. The monoisotopic (exact) mass is 263 g/mol. The van der Waals surface area contributed by atoms with Gasteiger partial charge in [0, 0.05) is 7.11 Å². The third-order valence-electron chi connectivity index (χ3n) is 1.54. The first-order chi connectivity index (χ1) is 7.72. The Morgan fingerprint density at radius 2 is 1.88 bits per heavy atom. The van der Waals surface area contributed by atoms with Gasteiger partial charge in [-0.25, -0.2) is 0 Å². The minimum absolute atomic E-state index is 0.291. The second-order valence-electron chi connectivity index (χ2n) is 2.75. The summed E-state index contributed by atoms with van der Waals surface area (Å²) in [5.41, 5.74) is 0. The van der Waals surface area contributed by atoms with Crippen molar-refractivity contribution < 1.29 is 14.2 Å². The zero-order valence-electron chi connectivity index (χ0n) is 8.82. The van der Waals surface area contributed by atoms with Gasteiger partial charge in [-0.15, -0.1) is 0 Å². The molecule has 0 radical (unpaired) electrons. The molecule has 1 aromatic heterocycles. The minimum Gasteiger partial charge on any atom is -0.462 e. The maximum Gasteiger partial charge on any atom is 0.298 e. The van der Waals surface area contributed by atoms with Crippen molar-refractivity contribution >= 4 is 24.4 Å². The molecule has 0 amide bonds. The van der Waals surface area contributed by atoms with Gasteiger partial charge in [0.1, 0.15) is 6.61 Å². The van der Waals surface area contributed by atoms with Crippen LogP contribution in [0, 0.1) is 9.54 Å². The van der Waals surface area contributed by atoms with E-state index in [0.29, 0.717) is 42.0 Å². The standard InChI is InChI=1S/C8H13N3O3S2/c1-12-2-3-13-4-5-14-6-9-7(15)11-8(16)10-6/h2-5H2,1H3,(H2,9,10,11,15,16). The van der Waals surface area contributed by atoms with Gasteiger partial charge < -0.3 is 19.2 Å². The van der Waals surface area contributed by atoms with Crippen molar-refractivity contribution in [1.82, 2.24) is 15.0 Å². The Labute approximate surface area is 103 Å². The van der Waals surface area contributed by atoms with E-state index in [4.69, 9.17) is 38.6 Å². The molecule has 0 atom stereocenters. The summed E-state index contributed by atoms with van der Waals surface area (Å²) in [7, 11) is 1.62. The van der Waals surface area contributed by atoms with Gasteiger partial charge in [-0.05, 0) is 24.4 Å². The lowest BCUT2D eigenvalue weighted by Crippen LogP contribution is -2.11. The molecule has 0 aliphatic heterocycles. The van der Waals surface area contributed by atoms with Crippen molar-refractivity contribution in [3.63, 3.8) is 0 Å². The molecule has 0 fully saturated rings. The average molecular weight is 263 g/mol. The van der Waals surface area contributed by atoms with E-state index in [0.717, 1.165) is 0 Å². The largest absolute Gasteiger partial charge is 0.462 e. The van der Waals surface area contributed by atoms with Crippen LogP contribution in [0.3, 0.4) is 0 Å². The first kappa shape index (κ1) is 13.2. The van der Waals surface area contributed by atoms with Gasteiger partial charge in [-0.1, -0.05) is 0 Å². The molecular weight excluding hydrogens is 250 g/mol. The highest BCUT2D eigenvalue weighted by Crippen LogP contribution is 1.98. The van der Waals surface area contributed by atoms with Gasteiger partial charge in [0.25, 0.3) is 6.01 Å². The summed E-state index contributed by atoms with van der Waals surface area (Å²) in [6.07, 6.45) is 0. The molecule has 0 aliphatic rings. The van der Waals surface area contributed by atoms with Crippen LogP contribution in [-0.4, -0.2) is 48.5 Å². The lowest BCUT2D eigenvalue weighted by molar-refractivity contribution is 0.0527. The number of aromatic nitrogens is 3. The lowest BCUT2D eigenvalue weighted by Gasteiger charge is -2.05. The van der Waals surface area contributed by atoms with E-state index in [2.05, 4.69) is 15.0 Å². The second-order valence-corrected chi connectivity index (χ2v) is 3.55. The highest BCUT2D eigenvalue weighted by molar-refractivity contribution is 7.71. The topological polar surface area (TPSA) is 72.2 Å². The summed E-state index contributed by atoms with van der Waals surface area (Å²) in [4.78, 5) is 9.30. The van der Waals surface area contributed by atoms with E-state index in [9.17, 15) is 0 Å². The molecule has 0 aromatic carbocycles. The summed E-state index contributed by atoms with van der Waals surface area (Å²) in [5.74, 6) is 0. The smallest absolute Gasteiger partial charge is 0.298 e. The van der Waals surface area contributed by atoms with Gasteiger partial charge in [0.15, 0.2) is 4.77 Å². The molecule has 2 N–H and O–H groups in total. The van der Waals surface area contributed by atoms with Crippen LogP contribution in [0.4, 0.5) is 0 Å². The highest BCUT2D eigenvalue weighted by Gasteiger charge is 1.96. The fourth-order valence-electron chi connectivity index (χ4n) is 0.884. The van der Waals surface area contributed by atoms with Gasteiger partial charge in [-0.2, -0.15) is 4.98 Å². The maximum atomic E-state index is 5.26. The number of nitrogens with one attached hydrogen (secondary N) is 2. The molecule has 1 aromatic rings. The molecule has 6 nitrogen and oxygen atoms in total. The normalized spacial score (nSPS) is 10.3. The summed E-state index contributed by atoms with van der Waals surface area (Å²) >= 11 is 9.72. The van der Waals surface area contributed by atoms with Crippen LogP contribution in [0.5, 0.6) is 6.01 Å². The second kappa shape index (κ2) is 7.44. The van der Waals surface area contributed by atoms with Gasteiger partial charge >= 0.3 is 0 Å². The van der Waals surface area contributed by atoms with Crippen molar-refractivity contribution in [3.8, 4) is 6.01 Å². The zero-order chi connectivity index (χ0) is 11.8. The Hall–Kier alpha value is -0.830. The fraction of sp³-hybridized carbons (Fsp3) is 0.625. The van der Waals surface area contributed by atoms with Crippen molar-refractivity contribution in [1.29, 1.82) is 0 Å². The Balaban J connectivity index is 2.27. The van der Waals surface area contributed by atoms with Crippen LogP contribution in [-0.2, 0) is 9.47 Å². The SMILES string of the molecule is COCCOCCOc1nc(=S)[nH]c(=S)[nH]1. The molecule has 1 heterocycles. The van der Waals surface area contributed by atoms with Gasteiger partial charge in [-0.3, -0.25) is 4.98 Å². The van der Waals surface area contributed by atoms with Crippen LogP contribution >= 0.6 is 24.4 Å². The third-order valence-corrected chi connectivity index (χ3v) is 1.94. The summed E-state index contributed by atoms with van der Waals surface area (Å²) in [6.45, 7) is 1.94. The number of ether oxygens (including phenoxy) is 3. The first-order valence-electron chi connectivity index (χ1n) is 4.62. The van der Waals surface area contributed by atoms with Crippen molar-refractivity contribution in [3.05, 3.63) is 9.54 Å².